The highest BCUT2D eigenvalue weighted by atomic mass is 79.9. The van der Waals surface area contributed by atoms with Crippen molar-refractivity contribution in [3.63, 3.8) is 0 Å². The fraction of sp³-hybridized carbons (Fsp3) is 0.500. The lowest BCUT2D eigenvalue weighted by molar-refractivity contribution is 0.533. The maximum Gasteiger partial charge on any atom is 0.0595 e. The van der Waals surface area contributed by atoms with Gasteiger partial charge in [0.25, 0.3) is 0 Å². The zero-order chi connectivity index (χ0) is 11.4. The number of rotatable bonds is 4. The summed E-state index contributed by atoms with van der Waals surface area (Å²) in [7, 11) is 0. The van der Waals surface area contributed by atoms with E-state index >= 15 is 0 Å². The van der Waals surface area contributed by atoms with Gasteiger partial charge in [-0.1, -0.05) is 59.0 Å². The fourth-order valence-corrected chi connectivity index (χ4v) is 2.67. The van der Waals surface area contributed by atoms with Gasteiger partial charge < -0.3 is 0 Å². The molecule has 0 bridgehead atoms. The summed E-state index contributed by atoms with van der Waals surface area (Å²) >= 11 is 15.4. The van der Waals surface area contributed by atoms with Crippen LogP contribution in [0.25, 0.3) is 0 Å². The standard InChI is InChI=1S/C12H15BrCl2/c1-8(5-9(2)13)6-10-3-4-11(14)12(15)7-10/h3-4,7-9H,5-6H2,1-2H3. The van der Waals surface area contributed by atoms with Crippen molar-refractivity contribution >= 4 is 39.1 Å². The Kier molecular flexibility index (Phi) is 5.45. The van der Waals surface area contributed by atoms with Crippen molar-refractivity contribution in [2.24, 2.45) is 5.92 Å². The normalized spacial score (nSPS) is 15.0. The third-order valence-electron chi connectivity index (χ3n) is 2.30. The molecule has 0 fully saturated rings. The molecule has 0 nitrogen and oxygen atoms in total. The van der Waals surface area contributed by atoms with Gasteiger partial charge in [-0.25, -0.2) is 0 Å². The van der Waals surface area contributed by atoms with Crippen molar-refractivity contribution in [2.45, 2.75) is 31.5 Å². The second kappa shape index (κ2) is 6.12. The predicted molar refractivity (Wildman–Crippen MR) is 72.3 cm³/mol. The lowest BCUT2D eigenvalue weighted by Gasteiger charge is -2.13. The first-order chi connectivity index (χ1) is 6.99. The van der Waals surface area contributed by atoms with E-state index in [1.54, 1.807) is 0 Å². The zero-order valence-corrected chi connectivity index (χ0v) is 12.0. The summed E-state index contributed by atoms with van der Waals surface area (Å²) in [5, 5.41) is 1.27. The molecule has 2 atom stereocenters. The minimum absolute atomic E-state index is 0.565. The molecular weight excluding hydrogens is 295 g/mol. The van der Waals surface area contributed by atoms with E-state index in [-0.39, 0.29) is 0 Å². The Morgan fingerprint density at radius 3 is 2.40 bits per heavy atom. The van der Waals surface area contributed by atoms with Crippen LogP contribution < -0.4 is 0 Å². The Morgan fingerprint density at radius 1 is 1.20 bits per heavy atom. The highest BCUT2D eigenvalue weighted by molar-refractivity contribution is 9.09. The Balaban J connectivity index is 2.60. The van der Waals surface area contributed by atoms with Crippen LogP contribution in [0.2, 0.25) is 10.0 Å². The van der Waals surface area contributed by atoms with E-state index in [1.807, 2.05) is 18.2 Å². The van der Waals surface area contributed by atoms with Crippen molar-refractivity contribution < 1.29 is 0 Å². The van der Waals surface area contributed by atoms with Crippen LogP contribution in [0.15, 0.2) is 18.2 Å². The van der Waals surface area contributed by atoms with Gasteiger partial charge in [0.15, 0.2) is 0 Å². The van der Waals surface area contributed by atoms with Crippen LogP contribution in [0.3, 0.4) is 0 Å². The molecule has 0 N–H and O–H groups in total. The van der Waals surface area contributed by atoms with E-state index in [1.165, 1.54) is 12.0 Å². The van der Waals surface area contributed by atoms with Crippen molar-refractivity contribution in [2.75, 3.05) is 0 Å². The highest BCUT2D eigenvalue weighted by Crippen LogP contribution is 2.25. The molecule has 1 rings (SSSR count). The first-order valence-corrected chi connectivity index (χ1v) is 6.74. The SMILES string of the molecule is CC(Br)CC(C)Cc1ccc(Cl)c(Cl)c1. The lowest BCUT2D eigenvalue weighted by atomic mass is 9.97. The number of hydrogen-bond acceptors (Lipinski definition) is 0. The van der Waals surface area contributed by atoms with E-state index in [2.05, 4.69) is 29.8 Å². The molecule has 0 aromatic heterocycles. The number of alkyl halides is 1. The van der Waals surface area contributed by atoms with Crippen molar-refractivity contribution in [1.29, 1.82) is 0 Å². The summed E-state index contributed by atoms with van der Waals surface area (Å²) in [4.78, 5) is 0.565. The smallest absolute Gasteiger partial charge is 0.0595 e. The average Bonchev–Trinajstić information content (AvgIpc) is 2.10. The van der Waals surface area contributed by atoms with Gasteiger partial charge in [-0.3, -0.25) is 0 Å². The van der Waals surface area contributed by atoms with Crippen LogP contribution in [0.5, 0.6) is 0 Å². The van der Waals surface area contributed by atoms with E-state index in [0.717, 1.165) is 6.42 Å². The first-order valence-electron chi connectivity index (χ1n) is 5.07. The number of benzene rings is 1. The van der Waals surface area contributed by atoms with Gasteiger partial charge in [0.05, 0.1) is 10.0 Å². The van der Waals surface area contributed by atoms with Gasteiger partial charge in [0.2, 0.25) is 0 Å². The molecule has 0 heterocycles. The molecular formula is C12H15BrCl2. The first kappa shape index (κ1) is 13.3. The van der Waals surface area contributed by atoms with Gasteiger partial charge in [0, 0.05) is 4.83 Å². The quantitative estimate of drug-likeness (QED) is 0.658. The fourth-order valence-electron chi connectivity index (χ4n) is 1.71. The molecule has 1 aromatic rings. The van der Waals surface area contributed by atoms with Gasteiger partial charge in [-0.05, 0) is 36.5 Å². The van der Waals surface area contributed by atoms with Gasteiger partial charge in [-0.15, -0.1) is 0 Å². The van der Waals surface area contributed by atoms with E-state index in [4.69, 9.17) is 23.2 Å². The molecule has 0 aliphatic heterocycles. The van der Waals surface area contributed by atoms with Crippen molar-refractivity contribution in [1.82, 2.24) is 0 Å². The van der Waals surface area contributed by atoms with E-state index in [0.29, 0.717) is 20.8 Å². The van der Waals surface area contributed by atoms with Gasteiger partial charge in [-0.2, -0.15) is 0 Å². The largest absolute Gasteiger partial charge is 0.0894 e. The van der Waals surface area contributed by atoms with Gasteiger partial charge in [0.1, 0.15) is 0 Å². The molecule has 0 spiro atoms. The maximum absolute atomic E-state index is 5.96. The van der Waals surface area contributed by atoms with Crippen LogP contribution in [-0.2, 0) is 6.42 Å². The Labute approximate surface area is 110 Å². The molecule has 15 heavy (non-hydrogen) atoms. The zero-order valence-electron chi connectivity index (χ0n) is 8.93. The van der Waals surface area contributed by atoms with Crippen molar-refractivity contribution in [3.05, 3.63) is 33.8 Å². The Morgan fingerprint density at radius 2 is 1.87 bits per heavy atom. The molecule has 0 aliphatic rings. The van der Waals surface area contributed by atoms with Gasteiger partial charge >= 0.3 is 0 Å². The van der Waals surface area contributed by atoms with Crippen LogP contribution in [0.4, 0.5) is 0 Å². The molecule has 0 radical (unpaired) electrons. The summed E-state index contributed by atoms with van der Waals surface area (Å²) in [5.41, 5.74) is 1.25. The summed E-state index contributed by atoms with van der Waals surface area (Å²) in [6.07, 6.45) is 2.22. The van der Waals surface area contributed by atoms with Crippen LogP contribution in [0, 0.1) is 5.92 Å². The maximum atomic E-state index is 5.96. The topological polar surface area (TPSA) is 0 Å². The summed E-state index contributed by atoms with van der Waals surface area (Å²) in [6, 6.07) is 5.87. The van der Waals surface area contributed by atoms with E-state index < -0.39 is 0 Å². The summed E-state index contributed by atoms with van der Waals surface area (Å²) < 4.78 is 0. The third kappa shape index (κ3) is 4.76. The Hall–Kier alpha value is 0.280. The minimum atomic E-state index is 0.565. The van der Waals surface area contributed by atoms with Crippen molar-refractivity contribution in [3.8, 4) is 0 Å². The number of hydrogen-bond donors (Lipinski definition) is 0. The molecule has 1 aromatic carbocycles. The molecule has 0 saturated carbocycles. The molecule has 0 saturated heterocycles. The van der Waals surface area contributed by atoms with Crippen LogP contribution in [-0.4, -0.2) is 4.83 Å². The second-order valence-corrected chi connectivity index (χ2v) is 6.45. The summed E-state index contributed by atoms with van der Waals surface area (Å²) in [6.45, 7) is 4.42. The highest BCUT2D eigenvalue weighted by Gasteiger charge is 2.08. The van der Waals surface area contributed by atoms with E-state index in [9.17, 15) is 0 Å². The molecule has 84 valence electrons. The second-order valence-electron chi connectivity index (χ2n) is 4.07. The third-order valence-corrected chi connectivity index (χ3v) is 3.41. The monoisotopic (exact) mass is 308 g/mol. The minimum Gasteiger partial charge on any atom is -0.0894 e. The number of halogens is 3. The van der Waals surface area contributed by atoms with Crippen LogP contribution >= 0.6 is 39.1 Å². The average molecular weight is 310 g/mol. The molecule has 0 aliphatic carbocycles. The molecule has 2 unspecified atom stereocenters. The molecule has 0 amide bonds. The predicted octanol–water partition coefficient (Wildman–Crippen LogP) is 5.35. The van der Waals surface area contributed by atoms with Crippen LogP contribution in [0.1, 0.15) is 25.8 Å². The summed E-state index contributed by atoms with van der Waals surface area (Å²) in [5.74, 6) is 0.650. The lowest BCUT2D eigenvalue weighted by Crippen LogP contribution is -2.05. The Bertz CT molecular complexity index is 323. The molecule has 3 heteroatoms.